The van der Waals surface area contributed by atoms with Crippen LogP contribution in [0.25, 0.3) is 44.1 Å². The van der Waals surface area contributed by atoms with Gasteiger partial charge in [0.25, 0.3) is 5.91 Å². The zero-order valence-electron chi connectivity index (χ0n) is 27.5. The van der Waals surface area contributed by atoms with Crippen molar-refractivity contribution in [3.63, 3.8) is 0 Å². The molecule has 4 aromatic carbocycles. The highest BCUT2D eigenvalue weighted by Gasteiger charge is 2.24. The van der Waals surface area contributed by atoms with Crippen molar-refractivity contribution in [3.05, 3.63) is 97.1 Å². The molecule has 0 saturated carbocycles. The van der Waals surface area contributed by atoms with E-state index in [2.05, 4.69) is 30.6 Å². The Kier molecular flexibility index (Phi) is 10.6. The molecular formula is C37H34F2N8O4. The van der Waals surface area contributed by atoms with Crippen LogP contribution in [0.15, 0.2) is 85.5 Å². The summed E-state index contributed by atoms with van der Waals surface area (Å²) in [6.07, 6.45) is 4.06. The molecule has 1 saturated heterocycles. The molecule has 1 aliphatic heterocycles. The number of carbonyl (C=O) groups is 2. The van der Waals surface area contributed by atoms with Crippen molar-refractivity contribution in [2.45, 2.75) is 25.4 Å². The molecule has 0 bridgehead atoms. The summed E-state index contributed by atoms with van der Waals surface area (Å²) in [6.45, 7) is 0.880. The van der Waals surface area contributed by atoms with E-state index >= 15 is 0 Å². The Balaban J connectivity index is 0.000000176. The minimum Gasteiger partial charge on any atom is -0.384 e. The molecule has 0 aliphatic carbocycles. The predicted molar refractivity (Wildman–Crippen MR) is 191 cm³/mol. The number of hydrogen-bond acceptors (Lipinski definition) is 10. The van der Waals surface area contributed by atoms with Crippen molar-refractivity contribution < 1.29 is 27.8 Å². The van der Waals surface area contributed by atoms with Gasteiger partial charge in [0, 0.05) is 35.9 Å². The fourth-order valence-corrected chi connectivity index (χ4v) is 5.59. The number of nitrogen functional groups attached to an aromatic ring is 2. The molecule has 51 heavy (non-hydrogen) atoms. The van der Waals surface area contributed by atoms with Crippen LogP contribution in [0.4, 0.5) is 31.8 Å². The van der Waals surface area contributed by atoms with Gasteiger partial charge in [-0.15, -0.1) is 0 Å². The van der Waals surface area contributed by atoms with Crippen LogP contribution in [-0.2, 0) is 19.1 Å². The van der Waals surface area contributed by atoms with Gasteiger partial charge < -0.3 is 31.6 Å². The number of benzene rings is 4. The summed E-state index contributed by atoms with van der Waals surface area (Å²) < 4.78 is 38.3. The van der Waals surface area contributed by atoms with Crippen molar-refractivity contribution in [1.29, 1.82) is 0 Å². The molecule has 7 rings (SSSR count). The second-order valence-electron chi connectivity index (χ2n) is 11.7. The number of carbonyl (C=O) groups excluding carboxylic acids is 2. The van der Waals surface area contributed by atoms with Gasteiger partial charge >= 0.3 is 0 Å². The lowest BCUT2D eigenvalue weighted by molar-refractivity contribution is -0.124. The summed E-state index contributed by atoms with van der Waals surface area (Å²) in [5.74, 6) is -0.666. The zero-order valence-corrected chi connectivity index (χ0v) is 27.5. The Bertz CT molecular complexity index is 2230. The van der Waals surface area contributed by atoms with Gasteiger partial charge in [0.2, 0.25) is 5.91 Å². The Morgan fingerprint density at radius 3 is 1.82 bits per heavy atom. The van der Waals surface area contributed by atoms with Gasteiger partial charge in [-0.1, -0.05) is 12.1 Å². The summed E-state index contributed by atoms with van der Waals surface area (Å²) in [4.78, 5) is 40.3. The summed E-state index contributed by atoms with van der Waals surface area (Å²) in [5.41, 5.74) is 16.7. The van der Waals surface area contributed by atoms with Gasteiger partial charge in [0.05, 0.1) is 24.1 Å². The van der Waals surface area contributed by atoms with Crippen LogP contribution in [-0.4, -0.2) is 58.2 Å². The number of fused-ring (bicyclic) bond motifs is 2. The maximum Gasteiger partial charge on any atom is 0.253 e. The molecule has 1 fully saturated rings. The highest BCUT2D eigenvalue weighted by atomic mass is 19.1. The standard InChI is InChI=1S/C19H17FN4O2.C18H17FN4O2/c20-13-6-12(7-14(9-13)24-19(25)17-2-1-5-26-17)11-3-4-16-15(8-11)18(21)23-10-22-16;1-25-5-4-17(24)23-14-7-12(6-13(19)9-14)11-2-3-16-15(8-11)18(20)22-10-21-16/h3-4,6-10,17H,1-2,5H2,(H,24,25)(H2,21,22,23);2-3,6-10H,4-5H2,1H3,(H,23,24)(H2,20,21,22). The predicted octanol–water partition coefficient (Wildman–Crippen LogP) is 6.13. The van der Waals surface area contributed by atoms with E-state index in [0.29, 0.717) is 75.6 Å². The number of nitrogens with two attached hydrogens (primary N) is 2. The third-order valence-electron chi connectivity index (χ3n) is 8.10. The molecule has 260 valence electrons. The fraction of sp³-hybridized carbons (Fsp3) is 0.189. The van der Waals surface area contributed by atoms with Crippen molar-refractivity contribution in [2.75, 3.05) is 42.4 Å². The molecule has 3 heterocycles. The molecular weight excluding hydrogens is 658 g/mol. The van der Waals surface area contributed by atoms with Gasteiger partial charge in [-0.05, 0) is 95.8 Å². The minimum atomic E-state index is -0.473. The highest BCUT2D eigenvalue weighted by molar-refractivity contribution is 5.96. The van der Waals surface area contributed by atoms with E-state index in [-0.39, 0.29) is 18.2 Å². The third-order valence-corrected chi connectivity index (χ3v) is 8.10. The van der Waals surface area contributed by atoms with Gasteiger partial charge in [0.1, 0.15) is 42.0 Å². The number of aromatic nitrogens is 4. The Morgan fingerprint density at radius 1 is 0.765 bits per heavy atom. The fourth-order valence-electron chi connectivity index (χ4n) is 5.59. The van der Waals surface area contributed by atoms with E-state index in [1.54, 1.807) is 30.3 Å². The normalized spacial score (nSPS) is 13.8. The SMILES string of the molecule is COCCC(=O)Nc1cc(F)cc(-c2ccc3ncnc(N)c3c2)c1.Nc1ncnc2ccc(-c3cc(F)cc(NC(=O)C4CCCO4)c3)cc12. The Labute approximate surface area is 291 Å². The van der Waals surface area contributed by atoms with E-state index in [1.807, 2.05) is 18.2 Å². The first-order valence-corrected chi connectivity index (χ1v) is 16.0. The number of rotatable bonds is 8. The van der Waals surface area contributed by atoms with Crippen molar-refractivity contribution >= 4 is 56.6 Å². The average molecular weight is 693 g/mol. The topological polar surface area (TPSA) is 180 Å². The average Bonchev–Trinajstić information content (AvgIpc) is 3.66. The number of halogens is 2. The summed E-state index contributed by atoms with van der Waals surface area (Å²) in [6, 6.07) is 19.6. The van der Waals surface area contributed by atoms with Crippen LogP contribution in [0.5, 0.6) is 0 Å². The van der Waals surface area contributed by atoms with E-state index in [0.717, 1.165) is 17.5 Å². The van der Waals surface area contributed by atoms with E-state index in [9.17, 15) is 18.4 Å². The minimum absolute atomic E-state index is 0.201. The van der Waals surface area contributed by atoms with E-state index in [1.165, 1.54) is 44.0 Å². The second kappa shape index (κ2) is 15.6. The summed E-state index contributed by atoms with van der Waals surface area (Å²) >= 11 is 0. The maximum atomic E-state index is 14.1. The van der Waals surface area contributed by atoms with Crippen molar-refractivity contribution in [3.8, 4) is 22.3 Å². The molecule has 0 radical (unpaired) electrons. The van der Waals surface area contributed by atoms with E-state index in [4.69, 9.17) is 20.9 Å². The smallest absolute Gasteiger partial charge is 0.253 e. The lowest BCUT2D eigenvalue weighted by atomic mass is 10.0. The maximum absolute atomic E-state index is 14.1. The quantitative estimate of drug-likeness (QED) is 0.145. The summed E-state index contributed by atoms with van der Waals surface area (Å²) in [5, 5.41) is 6.78. The number of nitrogens with zero attached hydrogens (tertiary/aromatic N) is 4. The number of hydrogen-bond donors (Lipinski definition) is 4. The van der Waals surface area contributed by atoms with Gasteiger partial charge in [-0.2, -0.15) is 0 Å². The molecule has 0 spiro atoms. The largest absolute Gasteiger partial charge is 0.384 e. The first-order chi connectivity index (χ1) is 24.7. The highest BCUT2D eigenvalue weighted by Crippen LogP contribution is 2.30. The molecule has 12 nitrogen and oxygen atoms in total. The van der Waals surface area contributed by atoms with E-state index < -0.39 is 17.7 Å². The Morgan fingerprint density at radius 2 is 1.31 bits per heavy atom. The second-order valence-corrected chi connectivity index (χ2v) is 11.7. The van der Waals surface area contributed by atoms with Crippen molar-refractivity contribution in [1.82, 2.24) is 19.9 Å². The van der Waals surface area contributed by atoms with Crippen LogP contribution < -0.4 is 22.1 Å². The molecule has 1 unspecified atom stereocenters. The van der Waals surface area contributed by atoms with Gasteiger partial charge in [-0.3, -0.25) is 9.59 Å². The molecule has 1 aliphatic rings. The number of anilines is 4. The number of amides is 2. The molecule has 6 aromatic rings. The van der Waals surface area contributed by atoms with Crippen LogP contribution in [0.1, 0.15) is 19.3 Å². The molecule has 6 N–H and O–H groups in total. The zero-order chi connectivity index (χ0) is 35.9. The monoisotopic (exact) mass is 692 g/mol. The summed E-state index contributed by atoms with van der Waals surface area (Å²) in [7, 11) is 1.52. The number of methoxy groups -OCH3 is 1. The van der Waals surface area contributed by atoms with Crippen molar-refractivity contribution in [2.24, 2.45) is 0 Å². The molecule has 1 atom stereocenters. The molecule has 2 aromatic heterocycles. The first-order valence-electron chi connectivity index (χ1n) is 16.0. The van der Waals surface area contributed by atoms with Crippen LogP contribution >= 0.6 is 0 Å². The molecule has 2 amide bonds. The van der Waals surface area contributed by atoms with Crippen LogP contribution in [0.2, 0.25) is 0 Å². The lowest BCUT2D eigenvalue weighted by Crippen LogP contribution is -2.26. The molecule has 14 heteroatoms. The van der Waals surface area contributed by atoms with Crippen LogP contribution in [0, 0.1) is 11.6 Å². The van der Waals surface area contributed by atoms with Crippen LogP contribution in [0.3, 0.4) is 0 Å². The number of nitrogens with one attached hydrogen (secondary N) is 2. The first kappa shape index (κ1) is 34.7. The van der Waals surface area contributed by atoms with Gasteiger partial charge in [0.15, 0.2) is 0 Å². The Hall–Kier alpha value is -6.12. The third kappa shape index (κ3) is 8.55. The lowest BCUT2D eigenvalue weighted by Gasteiger charge is -2.12. The number of ether oxygens (including phenoxy) is 2. The van der Waals surface area contributed by atoms with Gasteiger partial charge in [-0.25, -0.2) is 28.7 Å².